The lowest BCUT2D eigenvalue weighted by Gasteiger charge is -2.51. The highest BCUT2D eigenvalue weighted by Crippen LogP contribution is 2.69. The van der Waals surface area contributed by atoms with E-state index in [9.17, 15) is 19.2 Å². The molecule has 6 aliphatic carbocycles. The van der Waals surface area contributed by atoms with Crippen LogP contribution in [0.25, 0.3) is 22.4 Å². The first-order valence-corrected chi connectivity index (χ1v) is 13.8. The molecule has 200 valence electrons. The van der Waals surface area contributed by atoms with E-state index in [1.807, 2.05) is 64.1 Å². The molecule has 0 radical (unpaired) electrons. The van der Waals surface area contributed by atoms with Crippen LogP contribution in [0.4, 0.5) is 11.4 Å². The summed E-state index contributed by atoms with van der Waals surface area (Å²) in [5.74, 6) is 0.364. The summed E-state index contributed by atoms with van der Waals surface area (Å²) in [5, 5.41) is 5.94. The molecule has 8 nitrogen and oxygen atoms in total. The Kier molecular flexibility index (Phi) is 4.62. The highest BCUT2D eigenvalue weighted by atomic mass is 16.2. The predicted molar refractivity (Wildman–Crippen MR) is 147 cm³/mol. The van der Waals surface area contributed by atoms with Crippen molar-refractivity contribution in [1.82, 2.24) is 9.97 Å². The fourth-order valence-corrected chi connectivity index (χ4v) is 8.37. The Balaban J connectivity index is 1.07. The standard InChI is InChI=1S/C31H32N4O4/c1-28(2)19-11-13-30(28,23(19)36)26(38)32-17-7-5-16(6-8-17)25-34-21-10-9-18(15-22(21)35-25)33-27(39)31-14-12-20(24(31)37)29(31,3)4/h5-10,15,19-20H,11-14H2,1-4H3,(H,32,38)(H,33,39)(H,34,35). The van der Waals surface area contributed by atoms with E-state index in [1.165, 1.54) is 0 Å². The van der Waals surface area contributed by atoms with Gasteiger partial charge in [-0.1, -0.05) is 27.7 Å². The summed E-state index contributed by atoms with van der Waals surface area (Å²) in [6, 6.07) is 12.9. The minimum atomic E-state index is -0.927. The molecular weight excluding hydrogens is 492 g/mol. The van der Waals surface area contributed by atoms with Gasteiger partial charge < -0.3 is 15.6 Å². The van der Waals surface area contributed by atoms with Gasteiger partial charge in [-0.25, -0.2) is 4.98 Å². The summed E-state index contributed by atoms with van der Waals surface area (Å²) < 4.78 is 0. The van der Waals surface area contributed by atoms with Crippen molar-refractivity contribution in [3.8, 4) is 11.4 Å². The summed E-state index contributed by atoms with van der Waals surface area (Å²) in [6.07, 6.45) is 2.79. The fourth-order valence-electron chi connectivity index (χ4n) is 8.37. The van der Waals surface area contributed by atoms with Crippen molar-refractivity contribution in [2.24, 2.45) is 33.5 Å². The lowest BCUT2D eigenvalue weighted by Crippen LogP contribution is -2.62. The number of benzene rings is 2. The molecule has 39 heavy (non-hydrogen) atoms. The summed E-state index contributed by atoms with van der Waals surface area (Å²) in [6.45, 7) is 8.07. The van der Waals surface area contributed by atoms with Crippen molar-refractivity contribution in [3.05, 3.63) is 42.5 Å². The molecule has 1 heterocycles. The van der Waals surface area contributed by atoms with Crippen LogP contribution in [0, 0.1) is 33.5 Å². The van der Waals surface area contributed by atoms with Crippen molar-refractivity contribution < 1.29 is 19.2 Å². The SMILES string of the molecule is CC1(C)C2CCC1(C(=O)Nc1ccc(-c3nc4ccc(NC(=O)C56CCC(C5=O)C6(C)C)cc4[nH]3)cc1)C2=O. The summed E-state index contributed by atoms with van der Waals surface area (Å²) >= 11 is 0. The Labute approximate surface area is 226 Å². The van der Waals surface area contributed by atoms with Gasteiger partial charge in [-0.3, -0.25) is 19.2 Å². The van der Waals surface area contributed by atoms with Gasteiger partial charge >= 0.3 is 0 Å². The molecule has 0 aliphatic heterocycles. The maximum Gasteiger partial charge on any atom is 0.238 e. The Bertz CT molecular complexity index is 1620. The van der Waals surface area contributed by atoms with Crippen LogP contribution in [-0.4, -0.2) is 33.3 Å². The number of nitrogens with one attached hydrogen (secondary N) is 3. The second-order valence-electron chi connectivity index (χ2n) is 13.0. The number of anilines is 2. The number of aromatic amines is 1. The van der Waals surface area contributed by atoms with Gasteiger partial charge in [0.2, 0.25) is 11.8 Å². The van der Waals surface area contributed by atoms with Crippen molar-refractivity contribution in [1.29, 1.82) is 0 Å². The van der Waals surface area contributed by atoms with E-state index in [1.54, 1.807) is 6.07 Å². The van der Waals surface area contributed by atoms with Crippen molar-refractivity contribution >= 4 is 45.8 Å². The monoisotopic (exact) mass is 524 g/mol. The molecule has 0 spiro atoms. The third-order valence-corrected chi connectivity index (χ3v) is 11.0. The molecule has 2 aromatic carbocycles. The van der Waals surface area contributed by atoms with Crippen LogP contribution in [0.15, 0.2) is 42.5 Å². The molecule has 3 N–H and O–H groups in total. The number of Topliss-reactive ketones (excluding diaryl/α,β-unsaturated/α-hetero) is 2. The van der Waals surface area contributed by atoms with Gasteiger partial charge in [-0.15, -0.1) is 0 Å². The zero-order chi connectivity index (χ0) is 27.5. The van der Waals surface area contributed by atoms with E-state index >= 15 is 0 Å². The molecule has 4 bridgehead atoms. The van der Waals surface area contributed by atoms with Crippen molar-refractivity contribution in [2.75, 3.05) is 10.6 Å². The average molecular weight is 525 g/mol. The molecular formula is C31H32N4O4. The Morgan fingerprint density at radius 3 is 1.79 bits per heavy atom. The summed E-state index contributed by atoms with van der Waals surface area (Å²) in [4.78, 5) is 59.6. The quantitative estimate of drug-likeness (QED) is 0.400. The van der Waals surface area contributed by atoms with Gasteiger partial charge in [0, 0.05) is 28.8 Å². The first-order chi connectivity index (χ1) is 18.4. The second-order valence-corrected chi connectivity index (χ2v) is 13.0. The average Bonchev–Trinajstić information content (AvgIpc) is 3.68. The maximum atomic E-state index is 13.2. The van der Waals surface area contributed by atoms with Crippen LogP contribution >= 0.6 is 0 Å². The van der Waals surface area contributed by atoms with Gasteiger partial charge in [-0.2, -0.15) is 0 Å². The number of amides is 2. The van der Waals surface area contributed by atoms with Crippen molar-refractivity contribution in [2.45, 2.75) is 53.4 Å². The number of H-pyrrole nitrogens is 1. The number of carbonyl (C=O) groups is 4. The van der Waals surface area contributed by atoms with Gasteiger partial charge in [0.15, 0.2) is 11.6 Å². The number of hydrogen-bond donors (Lipinski definition) is 3. The van der Waals surface area contributed by atoms with E-state index in [0.717, 1.165) is 29.4 Å². The normalized spacial score (nSPS) is 31.1. The predicted octanol–water partition coefficient (Wildman–Crippen LogP) is 5.12. The molecule has 0 saturated heterocycles. The molecule has 6 aliphatic rings. The number of fused-ring (bicyclic) bond motifs is 3. The minimum Gasteiger partial charge on any atom is -0.338 e. The molecule has 3 aromatic rings. The topological polar surface area (TPSA) is 121 Å². The van der Waals surface area contributed by atoms with Gasteiger partial charge in [0.25, 0.3) is 0 Å². The molecule has 4 atom stereocenters. The zero-order valence-electron chi connectivity index (χ0n) is 22.6. The molecule has 9 rings (SSSR count). The summed E-state index contributed by atoms with van der Waals surface area (Å²) in [7, 11) is 0. The number of aromatic nitrogens is 2. The van der Waals surface area contributed by atoms with E-state index in [2.05, 4.69) is 20.6 Å². The Hall–Kier alpha value is -3.81. The number of nitrogens with zero attached hydrogens (tertiary/aromatic N) is 1. The third kappa shape index (κ3) is 2.77. The fraction of sp³-hybridized carbons (Fsp3) is 0.452. The van der Waals surface area contributed by atoms with Gasteiger partial charge in [-0.05, 0) is 79.0 Å². The number of carbonyl (C=O) groups excluding carboxylic acids is 4. The molecule has 1 aromatic heterocycles. The number of hydrogen-bond acceptors (Lipinski definition) is 5. The van der Waals surface area contributed by atoms with Gasteiger partial charge in [0.05, 0.1) is 11.0 Å². The molecule has 6 saturated carbocycles. The second kappa shape index (κ2) is 7.43. The number of imidazole rings is 1. The number of ketones is 2. The zero-order valence-corrected chi connectivity index (χ0v) is 22.6. The van der Waals surface area contributed by atoms with Crippen LogP contribution in [-0.2, 0) is 19.2 Å². The molecule has 2 amide bonds. The molecule has 6 fully saturated rings. The highest BCUT2D eigenvalue weighted by Gasteiger charge is 2.76. The Morgan fingerprint density at radius 2 is 1.31 bits per heavy atom. The maximum absolute atomic E-state index is 13.2. The minimum absolute atomic E-state index is 0.00477. The van der Waals surface area contributed by atoms with E-state index in [-0.39, 0.29) is 46.0 Å². The third-order valence-electron chi connectivity index (χ3n) is 11.0. The van der Waals surface area contributed by atoms with Crippen molar-refractivity contribution in [3.63, 3.8) is 0 Å². The first-order valence-electron chi connectivity index (χ1n) is 13.8. The smallest absolute Gasteiger partial charge is 0.238 e. The van der Waals surface area contributed by atoms with E-state index in [0.29, 0.717) is 30.0 Å². The first kappa shape index (κ1) is 24.2. The van der Waals surface area contributed by atoms with E-state index < -0.39 is 10.8 Å². The van der Waals surface area contributed by atoms with Gasteiger partial charge in [0.1, 0.15) is 16.7 Å². The summed E-state index contributed by atoms with van der Waals surface area (Å²) in [5.41, 5.74) is 1.16. The number of rotatable bonds is 5. The highest BCUT2D eigenvalue weighted by molar-refractivity contribution is 6.19. The Morgan fingerprint density at radius 1 is 0.795 bits per heavy atom. The molecule has 4 unspecified atom stereocenters. The lowest BCUT2D eigenvalue weighted by atomic mass is 9.49. The van der Waals surface area contributed by atoms with Crippen LogP contribution in [0.2, 0.25) is 0 Å². The van der Waals surface area contributed by atoms with E-state index in [4.69, 9.17) is 0 Å². The lowest BCUT2D eigenvalue weighted by molar-refractivity contribution is -0.166. The van der Waals surface area contributed by atoms with Crippen LogP contribution in [0.5, 0.6) is 0 Å². The van der Waals surface area contributed by atoms with Crippen LogP contribution in [0.1, 0.15) is 53.4 Å². The van der Waals surface area contributed by atoms with Crippen LogP contribution < -0.4 is 10.6 Å². The van der Waals surface area contributed by atoms with Crippen LogP contribution in [0.3, 0.4) is 0 Å². The largest absolute Gasteiger partial charge is 0.338 e. The molecule has 8 heteroatoms.